The number of fused-ring (bicyclic) bond motifs is 1. The summed E-state index contributed by atoms with van der Waals surface area (Å²) in [5, 5.41) is 2.73. The topological polar surface area (TPSA) is 102 Å². The van der Waals surface area contributed by atoms with Gasteiger partial charge in [-0.2, -0.15) is 0 Å². The van der Waals surface area contributed by atoms with Crippen LogP contribution in [0.3, 0.4) is 0 Å². The second-order valence-corrected chi connectivity index (χ2v) is 7.75. The Labute approximate surface area is 185 Å². The van der Waals surface area contributed by atoms with Crippen molar-refractivity contribution in [2.75, 3.05) is 25.1 Å². The quantitative estimate of drug-likeness (QED) is 0.529. The highest BCUT2D eigenvalue weighted by molar-refractivity contribution is 6.22. The van der Waals surface area contributed by atoms with E-state index >= 15 is 0 Å². The molecule has 0 radical (unpaired) electrons. The van der Waals surface area contributed by atoms with Crippen molar-refractivity contribution < 1.29 is 28.7 Å². The number of carbonyl (C=O) groups is 4. The lowest BCUT2D eigenvalue weighted by Gasteiger charge is -2.17. The van der Waals surface area contributed by atoms with E-state index in [0.717, 1.165) is 29.7 Å². The Balaban J connectivity index is 1.38. The number of ether oxygens (including phenoxy) is 2. The Kier molecular flexibility index (Phi) is 6.32. The number of aryl methyl sites for hydroxylation is 1. The molecule has 1 fully saturated rings. The Hall–Kier alpha value is -3.52. The smallest absolute Gasteiger partial charge is 0.338 e. The second kappa shape index (κ2) is 9.32. The maximum atomic E-state index is 12.7. The van der Waals surface area contributed by atoms with Crippen LogP contribution in [0.25, 0.3) is 0 Å². The van der Waals surface area contributed by atoms with Crippen LogP contribution >= 0.6 is 0 Å². The summed E-state index contributed by atoms with van der Waals surface area (Å²) in [4.78, 5) is 51.1. The number of nitrogens with zero attached hydrogens (tertiary/aromatic N) is 1. The van der Waals surface area contributed by atoms with E-state index in [1.54, 1.807) is 6.07 Å². The lowest BCUT2D eigenvalue weighted by Crippen LogP contribution is -2.36. The molecule has 2 aliphatic heterocycles. The molecule has 0 spiro atoms. The monoisotopic (exact) mass is 436 g/mol. The van der Waals surface area contributed by atoms with Gasteiger partial charge in [-0.05, 0) is 49.1 Å². The van der Waals surface area contributed by atoms with Crippen LogP contribution in [-0.4, -0.2) is 54.5 Å². The van der Waals surface area contributed by atoms with Gasteiger partial charge in [0.1, 0.15) is 0 Å². The lowest BCUT2D eigenvalue weighted by molar-refractivity contribution is -0.119. The second-order valence-electron chi connectivity index (χ2n) is 7.75. The number of esters is 1. The van der Waals surface area contributed by atoms with Gasteiger partial charge < -0.3 is 14.8 Å². The lowest BCUT2D eigenvalue weighted by atomic mass is 10.1. The van der Waals surface area contributed by atoms with Crippen molar-refractivity contribution >= 4 is 29.4 Å². The van der Waals surface area contributed by atoms with Gasteiger partial charge in [-0.3, -0.25) is 19.3 Å². The van der Waals surface area contributed by atoms with Gasteiger partial charge in [-0.25, -0.2) is 4.79 Å². The van der Waals surface area contributed by atoms with E-state index in [2.05, 4.69) is 5.32 Å². The molecule has 0 unspecified atom stereocenters. The summed E-state index contributed by atoms with van der Waals surface area (Å²) < 4.78 is 10.6. The zero-order valence-corrected chi connectivity index (χ0v) is 17.8. The third-order valence-electron chi connectivity index (χ3n) is 5.62. The molecule has 2 aliphatic rings. The van der Waals surface area contributed by atoms with Crippen molar-refractivity contribution in [3.63, 3.8) is 0 Å². The van der Waals surface area contributed by atoms with Crippen LogP contribution in [0.2, 0.25) is 0 Å². The summed E-state index contributed by atoms with van der Waals surface area (Å²) >= 11 is 0. The third kappa shape index (κ3) is 4.40. The largest absolute Gasteiger partial charge is 0.452 e. The van der Waals surface area contributed by atoms with Gasteiger partial charge in [0, 0.05) is 12.3 Å². The zero-order valence-electron chi connectivity index (χ0n) is 17.8. The molecule has 8 nitrogen and oxygen atoms in total. The SMILES string of the molecule is CCc1ccccc1NC(=O)COC(=O)c1ccc2c(c1)C(=O)N(C[C@H]1CCCO1)C2=O. The number of para-hydroxylation sites is 1. The molecular weight excluding hydrogens is 412 g/mol. The van der Waals surface area contributed by atoms with Gasteiger partial charge in [-0.15, -0.1) is 0 Å². The maximum absolute atomic E-state index is 12.7. The molecule has 2 aromatic rings. The zero-order chi connectivity index (χ0) is 22.7. The summed E-state index contributed by atoms with van der Waals surface area (Å²) in [6.07, 6.45) is 2.30. The van der Waals surface area contributed by atoms with E-state index in [9.17, 15) is 19.2 Å². The Morgan fingerprint density at radius 2 is 1.91 bits per heavy atom. The number of anilines is 1. The van der Waals surface area contributed by atoms with Gasteiger partial charge in [-0.1, -0.05) is 25.1 Å². The number of carbonyl (C=O) groups excluding carboxylic acids is 4. The van der Waals surface area contributed by atoms with Gasteiger partial charge in [0.15, 0.2) is 6.61 Å². The average Bonchev–Trinajstić information content (AvgIpc) is 3.40. The van der Waals surface area contributed by atoms with E-state index < -0.39 is 30.3 Å². The summed E-state index contributed by atoms with van der Waals surface area (Å²) in [5.41, 5.74) is 2.15. The predicted molar refractivity (Wildman–Crippen MR) is 116 cm³/mol. The van der Waals surface area contributed by atoms with Crippen LogP contribution in [0.4, 0.5) is 5.69 Å². The van der Waals surface area contributed by atoms with Crippen LogP contribution < -0.4 is 5.32 Å². The Morgan fingerprint density at radius 3 is 2.66 bits per heavy atom. The number of hydrogen-bond acceptors (Lipinski definition) is 6. The average molecular weight is 436 g/mol. The molecule has 3 amide bonds. The third-order valence-corrected chi connectivity index (χ3v) is 5.62. The highest BCUT2D eigenvalue weighted by Crippen LogP contribution is 2.26. The molecule has 2 heterocycles. The van der Waals surface area contributed by atoms with Crippen molar-refractivity contribution in [3.8, 4) is 0 Å². The molecule has 4 rings (SSSR count). The summed E-state index contributed by atoms with van der Waals surface area (Å²) in [7, 11) is 0. The summed E-state index contributed by atoms with van der Waals surface area (Å²) in [6, 6.07) is 11.6. The van der Waals surface area contributed by atoms with Crippen LogP contribution in [-0.2, 0) is 20.7 Å². The summed E-state index contributed by atoms with van der Waals surface area (Å²) in [6.45, 7) is 2.34. The fourth-order valence-corrected chi connectivity index (χ4v) is 3.93. The van der Waals surface area contributed by atoms with E-state index in [1.807, 2.05) is 25.1 Å². The molecule has 0 bridgehead atoms. The minimum atomic E-state index is -0.746. The van der Waals surface area contributed by atoms with Crippen molar-refractivity contribution in [2.24, 2.45) is 0 Å². The van der Waals surface area contributed by atoms with E-state index in [4.69, 9.17) is 9.47 Å². The van der Waals surface area contributed by atoms with Gasteiger partial charge in [0.25, 0.3) is 17.7 Å². The molecule has 2 aromatic carbocycles. The minimum absolute atomic E-state index is 0.102. The standard InChI is InChI=1S/C24H24N2O6/c1-2-15-6-3-4-8-20(15)25-21(27)14-32-24(30)16-9-10-18-19(12-16)23(29)26(22(18)28)13-17-7-5-11-31-17/h3-4,6,8-10,12,17H,2,5,7,11,13-14H2,1H3,(H,25,27)/t17-/m1/s1. The van der Waals surface area contributed by atoms with Crippen molar-refractivity contribution in [1.29, 1.82) is 0 Å². The number of imide groups is 1. The Morgan fingerprint density at radius 1 is 1.12 bits per heavy atom. The molecule has 0 saturated carbocycles. The predicted octanol–water partition coefficient (Wildman–Crippen LogP) is 2.82. The molecule has 32 heavy (non-hydrogen) atoms. The molecular formula is C24H24N2O6. The molecule has 0 aliphatic carbocycles. The number of benzene rings is 2. The Bertz CT molecular complexity index is 1070. The first-order valence-corrected chi connectivity index (χ1v) is 10.6. The first-order chi connectivity index (χ1) is 15.5. The fraction of sp³-hybridized carbons (Fsp3) is 0.333. The first kappa shape index (κ1) is 21.7. The van der Waals surface area contributed by atoms with Crippen molar-refractivity contribution in [2.45, 2.75) is 32.3 Å². The van der Waals surface area contributed by atoms with Crippen LogP contribution in [0.1, 0.15) is 56.4 Å². The fourth-order valence-electron chi connectivity index (χ4n) is 3.93. The first-order valence-electron chi connectivity index (χ1n) is 10.6. The molecule has 1 saturated heterocycles. The van der Waals surface area contributed by atoms with Crippen molar-refractivity contribution in [1.82, 2.24) is 4.90 Å². The van der Waals surface area contributed by atoms with Crippen LogP contribution in [0.5, 0.6) is 0 Å². The summed E-state index contributed by atoms with van der Waals surface area (Å²) in [5.74, 6) is -2.06. The van der Waals surface area contributed by atoms with Crippen LogP contribution in [0.15, 0.2) is 42.5 Å². The van der Waals surface area contributed by atoms with Crippen molar-refractivity contribution in [3.05, 3.63) is 64.7 Å². The number of rotatable bonds is 7. The van der Waals surface area contributed by atoms with Gasteiger partial charge in [0.05, 0.1) is 29.3 Å². The highest BCUT2D eigenvalue weighted by atomic mass is 16.5. The van der Waals surface area contributed by atoms with Crippen LogP contribution in [0, 0.1) is 0 Å². The normalized spacial score (nSPS) is 17.4. The number of hydrogen-bond donors (Lipinski definition) is 1. The minimum Gasteiger partial charge on any atom is -0.452 e. The molecule has 0 aromatic heterocycles. The molecule has 8 heteroatoms. The molecule has 1 N–H and O–H groups in total. The number of nitrogens with one attached hydrogen (secondary N) is 1. The van der Waals surface area contributed by atoms with Gasteiger partial charge in [0.2, 0.25) is 0 Å². The molecule has 1 atom stereocenters. The maximum Gasteiger partial charge on any atom is 0.338 e. The molecule has 166 valence electrons. The number of amides is 3. The van der Waals surface area contributed by atoms with E-state index in [-0.39, 0.29) is 29.3 Å². The highest BCUT2D eigenvalue weighted by Gasteiger charge is 2.38. The van der Waals surface area contributed by atoms with Gasteiger partial charge >= 0.3 is 5.97 Å². The van der Waals surface area contributed by atoms with E-state index in [1.165, 1.54) is 18.2 Å². The van der Waals surface area contributed by atoms with E-state index in [0.29, 0.717) is 12.3 Å².